The van der Waals surface area contributed by atoms with Crippen LogP contribution in [0.25, 0.3) is 0 Å². The van der Waals surface area contributed by atoms with E-state index in [4.69, 9.17) is 0 Å². The molecule has 0 aliphatic heterocycles. The fourth-order valence-corrected chi connectivity index (χ4v) is 3.90. The molecular weight excluding hydrogens is 483 g/mol. The third kappa shape index (κ3) is 9.98. The summed E-state index contributed by atoms with van der Waals surface area (Å²) < 4.78 is 24.8. The van der Waals surface area contributed by atoms with Gasteiger partial charge in [0, 0.05) is 43.9 Å². The SMILES string of the molecule is CCS(=O)(=O)N(C)CCCNC(=NC)NCC(C)Sc1ccccc1.I. The molecule has 150 valence electrons. The van der Waals surface area contributed by atoms with Crippen molar-refractivity contribution in [1.29, 1.82) is 0 Å². The molecule has 1 unspecified atom stereocenters. The zero-order chi connectivity index (χ0) is 18.7. The molecule has 1 atom stereocenters. The molecular formula is C17H31IN4O2S2. The van der Waals surface area contributed by atoms with Crippen molar-refractivity contribution in [2.24, 2.45) is 4.99 Å². The fraction of sp³-hybridized carbons (Fsp3) is 0.588. The standard InChI is InChI=1S/C17H30N4O2S2.HI/c1-5-25(22,23)21(4)13-9-12-19-17(18-3)20-14-15(2)24-16-10-7-6-8-11-16;/h6-8,10-11,15H,5,9,12-14H2,1-4H3,(H2,18,19,20);1H. The first-order valence-corrected chi connectivity index (χ1v) is 11.0. The third-order valence-corrected chi connectivity index (χ3v) is 6.62. The van der Waals surface area contributed by atoms with E-state index in [1.54, 1.807) is 21.0 Å². The average molecular weight is 514 g/mol. The van der Waals surface area contributed by atoms with Crippen LogP contribution in [-0.2, 0) is 10.0 Å². The molecule has 0 saturated heterocycles. The fourth-order valence-electron chi connectivity index (χ4n) is 2.10. The van der Waals surface area contributed by atoms with Gasteiger partial charge in [-0.2, -0.15) is 0 Å². The lowest BCUT2D eigenvalue weighted by atomic mass is 10.4. The van der Waals surface area contributed by atoms with Crippen molar-refractivity contribution in [2.75, 3.05) is 39.5 Å². The summed E-state index contributed by atoms with van der Waals surface area (Å²) in [7, 11) is 0.255. The number of rotatable bonds is 10. The number of nitrogens with zero attached hydrogens (tertiary/aromatic N) is 2. The lowest BCUT2D eigenvalue weighted by Crippen LogP contribution is -2.41. The molecule has 1 aromatic rings. The Morgan fingerprint density at radius 1 is 1.27 bits per heavy atom. The Bertz CT molecular complexity index is 627. The van der Waals surface area contributed by atoms with Gasteiger partial charge in [0.15, 0.2) is 5.96 Å². The topological polar surface area (TPSA) is 73.8 Å². The van der Waals surface area contributed by atoms with Crippen LogP contribution in [0.4, 0.5) is 0 Å². The molecule has 0 radical (unpaired) electrons. The minimum Gasteiger partial charge on any atom is -0.356 e. The molecule has 0 aliphatic carbocycles. The van der Waals surface area contributed by atoms with Crippen LogP contribution in [0.3, 0.4) is 0 Å². The van der Waals surface area contributed by atoms with Crippen LogP contribution in [0, 0.1) is 0 Å². The molecule has 6 nitrogen and oxygen atoms in total. The van der Waals surface area contributed by atoms with Crippen molar-refractivity contribution in [2.45, 2.75) is 30.4 Å². The van der Waals surface area contributed by atoms with Crippen molar-refractivity contribution >= 4 is 51.7 Å². The summed E-state index contributed by atoms with van der Waals surface area (Å²) in [5.74, 6) is 0.874. The van der Waals surface area contributed by atoms with E-state index < -0.39 is 10.0 Å². The van der Waals surface area contributed by atoms with Crippen molar-refractivity contribution in [3.05, 3.63) is 30.3 Å². The lowest BCUT2D eigenvalue weighted by Gasteiger charge is -2.18. The number of hydrogen-bond acceptors (Lipinski definition) is 4. The molecule has 0 heterocycles. The molecule has 0 aliphatic rings. The molecule has 0 spiro atoms. The summed E-state index contributed by atoms with van der Waals surface area (Å²) in [4.78, 5) is 5.45. The highest BCUT2D eigenvalue weighted by Crippen LogP contribution is 2.21. The normalized spacial score (nSPS) is 13.2. The second-order valence-electron chi connectivity index (χ2n) is 5.70. The average Bonchev–Trinajstić information content (AvgIpc) is 2.61. The molecule has 26 heavy (non-hydrogen) atoms. The van der Waals surface area contributed by atoms with Gasteiger partial charge in [-0.3, -0.25) is 4.99 Å². The van der Waals surface area contributed by atoms with E-state index >= 15 is 0 Å². The van der Waals surface area contributed by atoms with Crippen LogP contribution in [0.15, 0.2) is 40.2 Å². The van der Waals surface area contributed by atoms with E-state index in [2.05, 4.69) is 34.7 Å². The van der Waals surface area contributed by atoms with Crippen LogP contribution in [0.1, 0.15) is 20.3 Å². The molecule has 0 fully saturated rings. The molecule has 0 aromatic heterocycles. The highest BCUT2D eigenvalue weighted by molar-refractivity contribution is 14.0. The first-order chi connectivity index (χ1) is 11.9. The van der Waals surface area contributed by atoms with Gasteiger partial charge in [0.05, 0.1) is 5.75 Å². The minimum atomic E-state index is -3.10. The summed E-state index contributed by atoms with van der Waals surface area (Å²) >= 11 is 1.81. The van der Waals surface area contributed by atoms with Crippen molar-refractivity contribution in [3.63, 3.8) is 0 Å². The van der Waals surface area contributed by atoms with Gasteiger partial charge in [0.1, 0.15) is 0 Å². The van der Waals surface area contributed by atoms with Gasteiger partial charge < -0.3 is 10.6 Å². The van der Waals surface area contributed by atoms with Gasteiger partial charge in [-0.15, -0.1) is 35.7 Å². The van der Waals surface area contributed by atoms with E-state index in [0.717, 1.165) is 18.9 Å². The van der Waals surface area contributed by atoms with Crippen LogP contribution in [0.2, 0.25) is 0 Å². The molecule has 9 heteroatoms. The number of hydrogen-bond donors (Lipinski definition) is 2. The second kappa shape index (κ2) is 13.6. The Balaban J connectivity index is 0.00000625. The maximum atomic E-state index is 11.7. The van der Waals surface area contributed by atoms with E-state index in [9.17, 15) is 8.42 Å². The zero-order valence-corrected chi connectivity index (χ0v) is 19.9. The highest BCUT2D eigenvalue weighted by Gasteiger charge is 2.14. The van der Waals surface area contributed by atoms with Crippen molar-refractivity contribution in [3.8, 4) is 0 Å². The number of sulfonamides is 1. The van der Waals surface area contributed by atoms with Gasteiger partial charge in [-0.1, -0.05) is 25.1 Å². The van der Waals surface area contributed by atoms with Crippen LogP contribution < -0.4 is 10.6 Å². The predicted octanol–water partition coefficient (Wildman–Crippen LogP) is 2.62. The monoisotopic (exact) mass is 514 g/mol. The molecule has 1 rings (SSSR count). The maximum absolute atomic E-state index is 11.7. The van der Waals surface area contributed by atoms with Crippen molar-refractivity contribution in [1.82, 2.24) is 14.9 Å². The summed E-state index contributed by atoms with van der Waals surface area (Å²) in [5, 5.41) is 6.93. The Labute approximate surface area is 179 Å². The van der Waals surface area contributed by atoms with Crippen molar-refractivity contribution < 1.29 is 8.42 Å². The highest BCUT2D eigenvalue weighted by atomic mass is 127. The van der Waals surface area contributed by atoms with E-state index in [-0.39, 0.29) is 29.7 Å². The Kier molecular flexibility index (Phi) is 13.3. The molecule has 1 aromatic carbocycles. The van der Waals surface area contributed by atoms with Crippen LogP contribution in [0.5, 0.6) is 0 Å². The zero-order valence-electron chi connectivity index (χ0n) is 15.9. The summed E-state index contributed by atoms with van der Waals surface area (Å²) in [6.45, 7) is 5.79. The quantitative estimate of drug-likeness (QED) is 0.165. The van der Waals surface area contributed by atoms with Gasteiger partial charge in [-0.25, -0.2) is 12.7 Å². The number of halogens is 1. The number of aliphatic imine (C=N–C) groups is 1. The maximum Gasteiger partial charge on any atom is 0.213 e. The first-order valence-electron chi connectivity index (χ1n) is 8.49. The largest absolute Gasteiger partial charge is 0.356 e. The number of thioether (sulfide) groups is 1. The summed E-state index contributed by atoms with van der Waals surface area (Å²) in [5.41, 5.74) is 0. The second-order valence-corrected chi connectivity index (χ2v) is 9.57. The smallest absolute Gasteiger partial charge is 0.213 e. The van der Waals surface area contributed by atoms with E-state index in [0.29, 0.717) is 18.3 Å². The molecule has 0 amide bonds. The van der Waals surface area contributed by atoms with Gasteiger partial charge in [0.2, 0.25) is 10.0 Å². The first kappa shape index (κ1) is 25.5. The van der Waals surface area contributed by atoms with Crippen LogP contribution >= 0.6 is 35.7 Å². The minimum absolute atomic E-state index is 0. The molecule has 2 N–H and O–H groups in total. The predicted molar refractivity (Wildman–Crippen MR) is 123 cm³/mol. The lowest BCUT2D eigenvalue weighted by molar-refractivity contribution is 0.461. The Morgan fingerprint density at radius 2 is 1.92 bits per heavy atom. The van der Waals surface area contributed by atoms with Gasteiger partial charge in [0.25, 0.3) is 0 Å². The number of guanidine groups is 1. The Morgan fingerprint density at radius 3 is 2.50 bits per heavy atom. The van der Waals surface area contributed by atoms with Gasteiger partial charge >= 0.3 is 0 Å². The molecule has 0 bridgehead atoms. The van der Waals surface area contributed by atoms with E-state index in [1.165, 1.54) is 9.20 Å². The Hall–Kier alpha value is -0.520. The van der Waals surface area contributed by atoms with Gasteiger partial charge in [-0.05, 0) is 25.5 Å². The number of nitrogens with one attached hydrogen (secondary N) is 2. The summed E-state index contributed by atoms with van der Waals surface area (Å²) in [6, 6.07) is 10.3. The van der Waals surface area contributed by atoms with E-state index in [1.807, 2.05) is 30.0 Å². The summed E-state index contributed by atoms with van der Waals surface area (Å²) in [6.07, 6.45) is 0.727. The third-order valence-electron chi connectivity index (χ3n) is 3.64. The van der Waals surface area contributed by atoms with Crippen LogP contribution in [-0.4, -0.2) is 63.4 Å². The molecule has 0 saturated carbocycles. The number of benzene rings is 1.